The molecule has 6 rings (SSSR count). The number of rotatable bonds is 4. The number of aromatic nitrogens is 3. The minimum Gasteiger partial charge on any atom is -0.208 e. The molecule has 5 aromatic carbocycles. The summed E-state index contributed by atoms with van der Waals surface area (Å²) in [4.78, 5) is 14.5. The zero-order valence-corrected chi connectivity index (χ0v) is 19.5. The second-order valence-corrected chi connectivity index (χ2v) is 8.67. The summed E-state index contributed by atoms with van der Waals surface area (Å²) in [7, 11) is 0. The summed E-state index contributed by atoms with van der Waals surface area (Å²) < 4.78 is 0. The van der Waals surface area contributed by atoms with Crippen LogP contribution < -0.4 is 0 Å². The zero-order valence-electron chi connectivity index (χ0n) is 18.8. The lowest BCUT2D eigenvalue weighted by molar-refractivity contribution is 1.07. The van der Waals surface area contributed by atoms with Gasteiger partial charge in [0.05, 0.1) is 0 Å². The van der Waals surface area contributed by atoms with E-state index in [1.54, 1.807) is 0 Å². The van der Waals surface area contributed by atoms with Crippen LogP contribution in [0.3, 0.4) is 0 Å². The third-order valence-corrected chi connectivity index (χ3v) is 6.33. The van der Waals surface area contributed by atoms with Gasteiger partial charge in [0, 0.05) is 27.1 Å². The molecule has 166 valence electrons. The minimum atomic E-state index is 0.637. The maximum absolute atomic E-state index is 6.47. The van der Waals surface area contributed by atoms with Crippen LogP contribution in [-0.4, -0.2) is 15.0 Å². The first-order valence-corrected chi connectivity index (χ1v) is 11.8. The predicted molar refractivity (Wildman–Crippen MR) is 144 cm³/mol. The second kappa shape index (κ2) is 9.13. The van der Waals surface area contributed by atoms with Gasteiger partial charge in [0.25, 0.3) is 0 Å². The molecule has 0 fully saturated rings. The molecular weight excluding hydrogens is 450 g/mol. The van der Waals surface area contributed by atoms with E-state index < -0.39 is 0 Å². The molecule has 0 aliphatic rings. The molecule has 6 aromatic rings. The smallest absolute Gasteiger partial charge is 0.164 e. The molecule has 0 saturated heterocycles. The lowest BCUT2D eigenvalue weighted by atomic mass is 9.97. The van der Waals surface area contributed by atoms with Crippen LogP contribution in [0.2, 0.25) is 5.02 Å². The SMILES string of the molecule is Clc1cccc2c(-c3cccc(-c4nc(-c5ccccc5)nc(-c5ccccc5)n4)c3)cccc12. The molecular formula is C31H20ClN3. The van der Waals surface area contributed by atoms with Gasteiger partial charge in [0.1, 0.15) is 0 Å². The molecule has 0 aliphatic heterocycles. The summed E-state index contributed by atoms with van der Waals surface area (Å²) in [6.45, 7) is 0. The maximum Gasteiger partial charge on any atom is 0.164 e. The second-order valence-electron chi connectivity index (χ2n) is 8.26. The molecule has 1 aromatic heterocycles. The highest BCUT2D eigenvalue weighted by atomic mass is 35.5. The van der Waals surface area contributed by atoms with Crippen LogP contribution in [0.1, 0.15) is 0 Å². The molecule has 0 atom stereocenters. The number of nitrogens with zero attached hydrogens (tertiary/aromatic N) is 3. The molecule has 1 heterocycles. The van der Waals surface area contributed by atoms with Gasteiger partial charge in [-0.2, -0.15) is 0 Å². The molecule has 35 heavy (non-hydrogen) atoms. The Labute approximate surface area is 208 Å². The predicted octanol–water partition coefficient (Wildman–Crippen LogP) is 8.35. The van der Waals surface area contributed by atoms with Crippen molar-refractivity contribution in [3.63, 3.8) is 0 Å². The molecule has 0 unspecified atom stereocenters. The number of benzene rings is 5. The van der Waals surface area contributed by atoms with E-state index in [9.17, 15) is 0 Å². The summed E-state index contributed by atoms with van der Waals surface area (Å²) in [6.07, 6.45) is 0. The Morgan fingerprint density at radius 1 is 0.400 bits per heavy atom. The lowest BCUT2D eigenvalue weighted by Gasteiger charge is -2.11. The van der Waals surface area contributed by atoms with E-state index in [4.69, 9.17) is 26.6 Å². The lowest BCUT2D eigenvalue weighted by Crippen LogP contribution is -2.00. The largest absolute Gasteiger partial charge is 0.208 e. The first-order chi connectivity index (χ1) is 17.3. The summed E-state index contributed by atoms with van der Waals surface area (Å²) >= 11 is 6.47. The van der Waals surface area contributed by atoms with E-state index in [1.807, 2.05) is 91.0 Å². The Hall–Kier alpha value is -4.34. The van der Waals surface area contributed by atoms with Gasteiger partial charge in [-0.1, -0.05) is 121 Å². The molecule has 0 saturated carbocycles. The van der Waals surface area contributed by atoms with Crippen molar-refractivity contribution in [1.29, 1.82) is 0 Å². The summed E-state index contributed by atoms with van der Waals surface area (Å²) in [5.41, 5.74) is 5.03. The molecule has 0 radical (unpaired) electrons. The van der Waals surface area contributed by atoms with Gasteiger partial charge < -0.3 is 0 Å². The van der Waals surface area contributed by atoms with Crippen LogP contribution >= 0.6 is 11.6 Å². The van der Waals surface area contributed by atoms with Crippen molar-refractivity contribution in [3.05, 3.63) is 126 Å². The fourth-order valence-electron chi connectivity index (χ4n) is 4.29. The fourth-order valence-corrected chi connectivity index (χ4v) is 4.52. The molecule has 4 heteroatoms. The highest BCUT2D eigenvalue weighted by Crippen LogP contribution is 2.34. The summed E-state index contributed by atoms with van der Waals surface area (Å²) in [5, 5.41) is 2.90. The van der Waals surface area contributed by atoms with Gasteiger partial charge in [-0.05, 0) is 28.6 Å². The zero-order chi connectivity index (χ0) is 23.6. The Morgan fingerprint density at radius 2 is 0.886 bits per heavy atom. The first kappa shape index (κ1) is 21.2. The normalized spacial score (nSPS) is 11.0. The van der Waals surface area contributed by atoms with Gasteiger partial charge in [-0.15, -0.1) is 0 Å². The van der Waals surface area contributed by atoms with Crippen molar-refractivity contribution >= 4 is 22.4 Å². The highest BCUT2D eigenvalue weighted by molar-refractivity contribution is 6.35. The fraction of sp³-hybridized carbons (Fsp3) is 0. The van der Waals surface area contributed by atoms with E-state index in [-0.39, 0.29) is 0 Å². The van der Waals surface area contributed by atoms with Crippen LogP contribution in [0.4, 0.5) is 0 Å². The topological polar surface area (TPSA) is 38.7 Å². The average Bonchev–Trinajstić information content (AvgIpc) is 2.94. The van der Waals surface area contributed by atoms with Crippen molar-refractivity contribution < 1.29 is 0 Å². The Bertz CT molecular complexity index is 1590. The Morgan fingerprint density at radius 3 is 1.54 bits per heavy atom. The third-order valence-electron chi connectivity index (χ3n) is 6.00. The van der Waals surface area contributed by atoms with Crippen molar-refractivity contribution in [2.45, 2.75) is 0 Å². The van der Waals surface area contributed by atoms with Crippen molar-refractivity contribution in [2.24, 2.45) is 0 Å². The number of halogens is 1. The molecule has 0 spiro atoms. The Kier molecular flexibility index (Phi) is 5.53. The van der Waals surface area contributed by atoms with Crippen LogP contribution in [0.25, 0.3) is 56.1 Å². The van der Waals surface area contributed by atoms with Crippen LogP contribution in [-0.2, 0) is 0 Å². The molecule has 0 aliphatic carbocycles. The standard InChI is InChI=1S/C31H20ClN3/c32-28-19-9-17-26-25(16-8-18-27(26)28)23-14-7-15-24(20-23)31-34-29(21-10-3-1-4-11-21)33-30(35-31)22-12-5-2-6-13-22/h1-20H. The molecule has 0 amide bonds. The van der Waals surface area contributed by atoms with Crippen LogP contribution in [0.15, 0.2) is 121 Å². The van der Waals surface area contributed by atoms with Gasteiger partial charge >= 0.3 is 0 Å². The van der Waals surface area contributed by atoms with Crippen molar-refractivity contribution in [3.8, 4) is 45.3 Å². The first-order valence-electron chi connectivity index (χ1n) is 11.4. The number of fused-ring (bicyclic) bond motifs is 1. The Balaban J connectivity index is 1.52. The monoisotopic (exact) mass is 469 g/mol. The van der Waals surface area contributed by atoms with Gasteiger partial charge in [0.15, 0.2) is 17.5 Å². The molecule has 3 nitrogen and oxygen atoms in total. The van der Waals surface area contributed by atoms with E-state index in [1.165, 1.54) is 0 Å². The van der Waals surface area contributed by atoms with Crippen LogP contribution in [0.5, 0.6) is 0 Å². The van der Waals surface area contributed by atoms with E-state index >= 15 is 0 Å². The number of hydrogen-bond acceptors (Lipinski definition) is 3. The van der Waals surface area contributed by atoms with Crippen LogP contribution in [0, 0.1) is 0 Å². The van der Waals surface area contributed by atoms with E-state index in [0.29, 0.717) is 17.5 Å². The summed E-state index contributed by atoms with van der Waals surface area (Å²) in [5.74, 6) is 1.94. The van der Waals surface area contributed by atoms with Gasteiger partial charge in [0.2, 0.25) is 0 Å². The van der Waals surface area contributed by atoms with E-state index in [0.717, 1.165) is 43.6 Å². The van der Waals surface area contributed by atoms with Crippen molar-refractivity contribution in [1.82, 2.24) is 15.0 Å². The number of hydrogen-bond donors (Lipinski definition) is 0. The summed E-state index contributed by atoms with van der Waals surface area (Å²) in [6, 6.07) is 40.6. The molecule has 0 N–H and O–H groups in total. The molecule has 0 bridgehead atoms. The quantitative estimate of drug-likeness (QED) is 0.260. The van der Waals surface area contributed by atoms with Gasteiger partial charge in [-0.25, -0.2) is 15.0 Å². The van der Waals surface area contributed by atoms with Gasteiger partial charge in [-0.3, -0.25) is 0 Å². The highest BCUT2D eigenvalue weighted by Gasteiger charge is 2.13. The van der Waals surface area contributed by atoms with Crippen molar-refractivity contribution in [2.75, 3.05) is 0 Å². The third kappa shape index (κ3) is 4.18. The average molecular weight is 470 g/mol. The minimum absolute atomic E-state index is 0.637. The maximum atomic E-state index is 6.47. The van der Waals surface area contributed by atoms with E-state index in [2.05, 4.69) is 30.3 Å².